The fourth-order valence-corrected chi connectivity index (χ4v) is 2.61. The molecule has 0 atom stereocenters. The van der Waals surface area contributed by atoms with E-state index >= 15 is 0 Å². The molecule has 114 valence electrons. The zero-order chi connectivity index (χ0) is 16.2. The molecule has 2 N–H and O–H groups in total. The van der Waals surface area contributed by atoms with Crippen molar-refractivity contribution < 1.29 is 0 Å². The summed E-state index contributed by atoms with van der Waals surface area (Å²) in [6.45, 7) is 0.397. The van der Waals surface area contributed by atoms with Crippen LogP contribution in [0.25, 0.3) is 10.9 Å². The van der Waals surface area contributed by atoms with Gasteiger partial charge >= 0.3 is 0 Å². The Morgan fingerprint density at radius 1 is 1.17 bits per heavy atom. The quantitative estimate of drug-likeness (QED) is 0.766. The molecule has 3 aromatic rings. The first-order chi connectivity index (χ1) is 11.2. The van der Waals surface area contributed by atoms with E-state index in [4.69, 9.17) is 16.9 Å². The van der Waals surface area contributed by atoms with Gasteiger partial charge in [0.1, 0.15) is 0 Å². The van der Waals surface area contributed by atoms with Gasteiger partial charge in [-0.3, -0.25) is 4.79 Å². The molecule has 0 spiro atoms. The molecule has 4 nitrogen and oxygen atoms in total. The summed E-state index contributed by atoms with van der Waals surface area (Å²) >= 11 is 6.00. The van der Waals surface area contributed by atoms with E-state index in [1.807, 2.05) is 36.4 Å². The maximum Gasteiger partial charge on any atom is 0.253 e. The average Bonchev–Trinajstić information content (AvgIpc) is 2.54. The number of halogens is 1. The van der Waals surface area contributed by atoms with Crippen LogP contribution < -0.4 is 10.9 Å². The van der Waals surface area contributed by atoms with Crippen LogP contribution in [0.1, 0.15) is 11.1 Å². The van der Waals surface area contributed by atoms with Gasteiger partial charge in [-0.05, 0) is 42.0 Å². The van der Waals surface area contributed by atoms with E-state index < -0.39 is 0 Å². The highest BCUT2D eigenvalue weighted by atomic mass is 35.5. The van der Waals surface area contributed by atoms with Gasteiger partial charge in [0.25, 0.3) is 5.56 Å². The van der Waals surface area contributed by atoms with E-state index in [1.54, 1.807) is 12.1 Å². The second-order valence-corrected chi connectivity index (χ2v) is 5.68. The van der Waals surface area contributed by atoms with Crippen LogP contribution in [0.5, 0.6) is 0 Å². The Bertz CT molecular complexity index is 956. The number of anilines is 1. The van der Waals surface area contributed by atoms with E-state index in [-0.39, 0.29) is 5.56 Å². The van der Waals surface area contributed by atoms with Crippen molar-refractivity contribution in [3.8, 4) is 6.07 Å². The number of fused-ring (bicyclic) bond motifs is 1. The highest BCUT2D eigenvalue weighted by molar-refractivity contribution is 6.31. The first-order valence-corrected chi connectivity index (χ1v) is 7.55. The third-order valence-corrected chi connectivity index (χ3v) is 3.81. The van der Waals surface area contributed by atoms with Crippen molar-refractivity contribution in [2.75, 3.05) is 5.32 Å². The Morgan fingerprint density at radius 2 is 2.04 bits per heavy atom. The number of nitriles is 1. The number of pyridine rings is 1. The summed E-state index contributed by atoms with van der Waals surface area (Å²) in [5.41, 5.74) is 3.09. The van der Waals surface area contributed by atoms with Crippen molar-refractivity contribution in [3.63, 3.8) is 0 Å². The molecular weight excluding hydrogens is 310 g/mol. The minimum atomic E-state index is -0.125. The first kappa shape index (κ1) is 15.1. The largest absolute Gasteiger partial charge is 0.381 e. The smallest absolute Gasteiger partial charge is 0.253 e. The molecular formula is C18H14ClN3O. The predicted molar refractivity (Wildman–Crippen MR) is 92.7 cm³/mol. The first-order valence-electron chi connectivity index (χ1n) is 7.17. The highest BCUT2D eigenvalue weighted by Gasteiger charge is 2.04. The van der Waals surface area contributed by atoms with Gasteiger partial charge in [0, 0.05) is 33.7 Å². The lowest BCUT2D eigenvalue weighted by Gasteiger charge is -2.08. The van der Waals surface area contributed by atoms with Crippen LogP contribution in [-0.2, 0) is 13.0 Å². The molecule has 0 radical (unpaired) electrons. The number of benzene rings is 2. The van der Waals surface area contributed by atoms with Crippen molar-refractivity contribution in [2.45, 2.75) is 13.0 Å². The number of H-pyrrole nitrogens is 1. The maximum absolute atomic E-state index is 12.1. The zero-order valence-corrected chi connectivity index (χ0v) is 13.0. The van der Waals surface area contributed by atoms with Crippen molar-refractivity contribution in [3.05, 3.63) is 75.0 Å². The predicted octanol–water partition coefficient (Wildman–Crippen LogP) is 3.86. The molecule has 0 aliphatic carbocycles. The van der Waals surface area contributed by atoms with Crippen LogP contribution in [0, 0.1) is 11.3 Å². The van der Waals surface area contributed by atoms with Crippen molar-refractivity contribution in [2.24, 2.45) is 0 Å². The average molecular weight is 324 g/mol. The Balaban J connectivity index is 1.84. The standard InChI is InChI=1S/C18H14ClN3O/c19-15-4-5-17-13(10-15)9-14(18(23)22-17)11-21-16-3-1-2-12(8-16)6-7-20/h1-5,8-10,21H,6,11H2,(H,22,23). The molecule has 0 saturated carbocycles. The fourth-order valence-electron chi connectivity index (χ4n) is 2.43. The van der Waals surface area contributed by atoms with Gasteiger partial charge < -0.3 is 10.3 Å². The van der Waals surface area contributed by atoms with E-state index in [2.05, 4.69) is 16.4 Å². The minimum Gasteiger partial charge on any atom is -0.381 e. The van der Waals surface area contributed by atoms with Crippen LogP contribution in [0.2, 0.25) is 5.02 Å². The fraction of sp³-hybridized carbons (Fsp3) is 0.111. The third-order valence-electron chi connectivity index (χ3n) is 3.58. The molecule has 0 aliphatic heterocycles. The van der Waals surface area contributed by atoms with Crippen LogP contribution >= 0.6 is 11.6 Å². The van der Waals surface area contributed by atoms with Gasteiger partial charge in [-0.2, -0.15) is 5.26 Å². The van der Waals surface area contributed by atoms with Gasteiger partial charge in [-0.15, -0.1) is 0 Å². The Hall–Kier alpha value is -2.77. The summed E-state index contributed by atoms with van der Waals surface area (Å²) in [6.07, 6.45) is 0.366. The summed E-state index contributed by atoms with van der Waals surface area (Å²) in [7, 11) is 0. The van der Waals surface area contributed by atoms with Gasteiger partial charge in [-0.25, -0.2) is 0 Å². The number of aromatic amines is 1. The lowest BCUT2D eigenvalue weighted by molar-refractivity contribution is 1.09. The Labute approximate surface area is 138 Å². The summed E-state index contributed by atoms with van der Waals surface area (Å²) in [6, 6.07) is 16.9. The van der Waals surface area contributed by atoms with Crippen LogP contribution in [0.4, 0.5) is 5.69 Å². The van der Waals surface area contributed by atoms with Crippen LogP contribution in [-0.4, -0.2) is 4.98 Å². The molecule has 0 unspecified atom stereocenters. The van der Waals surface area contributed by atoms with E-state index in [0.717, 1.165) is 22.2 Å². The second-order valence-electron chi connectivity index (χ2n) is 5.24. The lowest BCUT2D eigenvalue weighted by Crippen LogP contribution is -2.15. The number of nitrogens with one attached hydrogen (secondary N) is 2. The third kappa shape index (κ3) is 3.53. The Kier molecular flexibility index (Phi) is 4.31. The highest BCUT2D eigenvalue weighted by Crippen LogP contribution is 2.18. The van der Waals surface area contributed by atoms with Crippen molar-refractivity contribution >= 4 is 28.2 Å². The van der Waals surface area contributed by atoms with Gasteiger partial charge in [0.05, 0.1) is 12.5 Å². The minimum absolute atomic E-state index is 0.125. The summed E-state index contributed by atoms with van der Waals surface area (Å²) in [5, 5.41) is 13.5. The normalized spacial score (nSPS) is 10.4. The molecule has 0 amide bonds. The van der Waals surface area contributed by atoms with E-state index in [0.29, 0.717) is 23.6 Å². The van der Waals surface area contributed by atoms with E-state index in [9.17, 15) is 4.79 Å². The topological polar surface area (TPSA) is 68.7 Å². The molecule has 0 bridgehead atoms. The molecule has 0 fully saturated rings. The summed E-state index contributed by atoms with van der Waals surface area (Å²) in [4.78, 5) is 15.0. The molecule has 1 aromatic heterocycles. The second kappa shape index (κ2) is 6.55. The van der Waals surface area contributed by atoms with Gasteiger partial charge in [-0.1, -0.05) is 23.7 Å². The number of hydrogen-bond acceptors (Lipinski definition) is 3. The SMILES string of the molecule is N#CCc1cccc(NCc2cc3cc(Cl)ccc3[nH]c2=O)c1. The molecule has 23 heavy (non-hydrogen) atoms. The van der Waals surface area contributed by atoms with Crippen molar-refractivity contribution in [1.82, 2.24) is 4.98 Å². The van der Waals surface area contributed by atoms with Gasteiger partial charge in [0.15, 0.2) is 0 Å². The van der Waals surface area contributed by atoms with Crippen LogP contribution in [0.3, 0.4) is 0 Å². The number of hydrogen-bond donors (Lipinski definition) is 2. The summed E-state index contributed by atoms with van der Waals surface area (Å²) in [5.74, 6) is 0. The number of rotatable bonds is 4. The van der Waals surface area contributed by atoms with Crippen molar-refractivity contribution in [1.29, 1.82) is 5.26 Å². The molecule has 0 saturated heterocycles. The molecule has 5 heteroatoms. The van der Waals surface area contributed by atoms with Crippen LogP contribution in [0.15, 0.2) is 53.3 Å². The molecule has 0 aliphatic rings. The van der Waals surface area contributed by atoms with Gasteiger partial charge in [0.2, 0.25) is 0 Å². The summed E-state index contributed by atoms with van der Waals surface area (Å²) < 4.78 is 0. The molecule has 2 aromatic carbocycles. The monoisotopic (exact) mass is 323 g/mol. The number of nitrogens with zero attached hydrogens (tertiary/aromatic N) is 1. The maximum atomic E-state index is 12.1. The lowest BCUT2D eigenvalue weighted by atomic mass is 10.1. The molecule has 3 rings (SSSR count). The Morgan fingerprint density at radius 3 is 2.87 bits per heavy atom. The molecule has 1 heterocycles. The van der Waals surface area contributed by atoms with E-state index in [1.165, 1.54) is 0 Å². The zero-order valence-electron chi connectivity index (χ0n) is 12.3. The number of aromatic nitrogens is 1.